The quantitative estimate of drug-likeness (QED) is 0.632. The molecule has 1 aromatic carbocycles. The van der Waals surface area contributed by atoms with Crippen molar-refractivity contribution in [3.63, 3.8) is 0 Å². The van der Waals surface area contributed by atoms with Gasteiger partial charge in [0.05, 0.1) is 4.92 Å². The number of halogens is 1. The summed E-state index contributed by atoms with van der Waals surface area (Å²) in [5, 5.41) is 13.7. The summed E-state index contributed by atoms with van der Waals surface area (Å²) in [6.07, 6.45) is 1.84. The van der Waals surface area contributed by atoms with E-state index in [1.165, 1.54) is 0 Å². The van der Waals surface area contributed by atoms with E-state index < -0.39 is 0 Å². The van der Waals surface area contributed by atoms with Crippen LogP contribution in [0.25, 0.3) is 0 Å². The van der Waals surface area contributed by atoms with Crippen molar-refractivity contribution < 1.29 is 4.92 Å². The summed E-state index contributed by atoms with van der Waals surface area (Å²) in [7, 11) is 0. The summed E-state index contributed by atoms with van der Waals surface area (Å²) in [6.45, 7) is 4.75. The van der Waals surface area contributed by atoms with Crippen molar-refractivity contribution >= 4 is 34.6 Å². The number of nitrogens with zero attached hydrogens (tertiary/aromatic N) is 4. The molecular weight excluding hydrogens is 324 g/mol. The Balaban J connectivity index is 0.00000176. The number of non-ortho nitro benzene ring substituents is 1. The summed E-state index contributed by atoms with van der Waals surface area (Å²) in [5.74, 6) is 0. The molecule has 0 radical (unpaired) electrons. The number of benzene rings is 1. The van der Waals surface area contributed by atoms with Gasteiger partial charge in [0, 0.05) is 56.4 Å². The molecule has 0 N–H and O–H groups in total. The molecule has 22 heavy (non-hydrogen) atoms. The van der Waals surface area contributed by atoms with E-state index in [2.05, 4.69) is 14.8 Å². The van der Waals surface area contributed by atoms with Crippen LogP contribution in [0.2, 0.25) is 0 Å². The first-order valence-corrected chi connectivity index (χ1v) is 7.70. The second-order valence-corrected chi connectivity index (χ2v) is 5.87. The Morgan fingerprint density at radius 1 is 1.18 bits per heavy atom. The molecule has 2 heterocycles. The molecule has 1 aliphatic rings. The van der Waals surface area contributed by atoms with Crippen LogP contribution in [-0.4, -0.2) is 41.0 Å². The van der Waals surface area contributed by atoms with Crippen molar-refractivity contribution in [1.29, 1.82) is 0 Å². The number of rotatable bonds is 4. The van der Waals surface area contributed by atoms with Crippen molar-refractivity contribution in [3.8, 4) is 0 Å². The van der Waals surface area contributed by atoms with E-state index in [9.17, 15) is 10.1 Å². The number of piperazine rings is 1. The van der Waals surface area contributed by atoms with Crippen LogP contribution in [0.5, 0.6) is 0 Å². The number of anilines is 1. The van der Waals surface area contributed by atoms with Crippen LogP contribution in [-0.2, 0) is 6.54 Å². The highest BCUT2D eigenvalue weighted by atomic mass is 35.5. The average molecular weight is 341 g/mol. The smallest absolute Gasteiger partial charge is 0.269 e. The normalized spacial score (nSPS) is 15.4. The number of thiazole rings is 1. The van der Waals surface area contributed by atoms with E-state index in [1.807, 2.05) is 23.7 Å². The van der Waals surface area contributed by atoms with Gasteiger partial charge in [-0.05, 0) is 5.56 Å². The molecule has 0 saturated carbocycles. The van der Waals surface area contributed by atoms with Crippen LogP contribution >= 0.6 is 23.7 Å². The lowest BCUT2D eigenvalue weighted by molar-refractivity contribution is -0.384. The van der Waals surface area contributed by atoms with E-state index in [0.29, 0.717) is 0 Å². The van der Waals surface area contributed by atoms with Gasteiger partial charge in [0.2, 0.25) is 0 Å². The molecule has 118 valence electrons. The molecule has 0 aliphatic carbocycles. The molecule has 0 unspecified atom stereocenters. The first-order valence-electron chi connectivity index (χ1n) is 6.82. The zero-order valence-electron chi connectivity index (χ0n) is 11.9. The predicted molar refractivity (Wildman–Crippen MR) is 89.9 cm³/mol. The number of hydrogen-bond donors (Lipinski definition) is 0. The predicted octanol–water partition coefficient (Wildman–Crippen LogP) is 2.80. The maximum Gasteiger partial charge on any atom is 0.269 e. The Labute approximate surface area is 138 Å². The fourth-order valence-electron chi connectivity index (χ4n) is 2.45. The minimum Gasteiger partial charge on any atom is -0.346 e. The Bertz CT molecular complexity index is 598. The average Bonchev–Trinajstić information content (AvgIpc) is 3.03. The molecule has 1 saturated heterocycles. The first-order chi connectivity index (χ1) is 10.2. The molecule has 0 amide bonds. The van der Waals surface area contributed by atoms with Crippen molar-refractivity contribution in [1.82, 2.24) is 9.88 Å². The molecule has 8 heteroatoms. The van der Waals surface area contributed by atoms with E-state index >= 15 is 0 Å². The summed E-state index contributed by atoms with van der Waals surface area (Å²) in [6, 6.07) is 6.82. The largest absolute Gasteiger partial charge is 0.346 e. The first kappa shape index (κ1) is 16.7. The molecule has 1 aliphatic heterocycles. The molecule has 6 nitrogen and oxygen atoms in total. The van der Waals surface area contributed by atoms with Crippen molar-refractivity contribution in [2.75, 3.05) is 31.1 Å². The molecule has 1 fully saturated rings. The molecule has 0 spiro atoms. The van der Waals surface area contributed by atoms with Crippen LogP contribution in [0, 0.1) is 10.1 Å². The Hall–Kier alpha value is -1.70. The maximum absolute atomic E-state index is 10.6. The molecule has 0 bridgehead atoms. The van der Waals surface area contributed by atoms with E-state index in [4.69, 9.17) is 0 Å². The standard InChI is InChI=1S/C14H16N4O2S.ClH/c19-18(20)13-3-1-12(2-4-13)11-16-6-8-17(9-7-16)14-15-5-10-21-14;/h1-5,10H,6-9,11H2;1H. The zero-order valence-corrected chi connectivity index (χ0v) is 13.6. The van der Waals surface area contributed by atoms with Crippen LogP contribution in [0.15, 0.2) is 35.8 Å². The van der Waals surface area contributed by atoms with Crippen LogP contribution in [0.3, 0.4) is 0 Å². The van der Waals surface area contributed by atoms with Gasteiger partial charge in [0.1, 0.15) is 0 Å². The Morgan fingerprint density at radius 2 is 1.86 bits per heavy atom. The number of aromatic nitrogens is 1. The fourth-order valence-corrected chi connectivity index (χ4v) is 3.15. The SMILES string of the molecule is Cl.O=[N+]([O-])c1ccc(CN2CCN(c3nccs3)CC2)cc1. The minimum absolute atomic E-state index is 0. The third-order valence-corrected chi connectivity index (χ3v) is 4.45. The highest BCUT2D eigenvalue weighted by Gasteiger charge is 2.18. The summed E-state index contributed by atoms with van der Waals surface area (Å²) < 4.78 is 0. The van der Waals surface area contributed by atoms with Crippen LogP contribution in [0.1, 0.15) is 5.56 Å². The Kier molecular flexibility index (Phi) is 5.70. The van der Waals surface area contributed by atoms with Gasteiger partial charge in [0.25, 0.3) is 5.69 Å². The van der Waals surface area contributed by atoms with Gasteiger partial charge in [-0.2, -0.15) is 0 Å². The van der Waals surface area contributed by atoms with Crippen LogP contribution < -0.4 is 4.90 Å². The summed E-state index contributed by atoms with van der Waals surface area (Å²) in [4.78, 5) is 19.3. The van der Waals surface area contributed by atoms with Crippen molar-refractivity contribution in [2.45, 2.75) is 6.54 Å². The van der Waals surface area contributed by atoms with E-state index in [1.54, 1.807) is 23.5 Å². The van der Waals surface area contributed by atoms with Crippen LogP contribution in [0.4, 0.5) is 10.8 Å². The van der Waals surface area contributed by atoms with Gasteiger partial charge >= 0.3 is 0 Å². The number of nitro benzene ring substituents is 1. The summed E-state index contributed by atoms with van der Waals surface area (Å²) in [5.41, 5.74) is 1.26. The summed E-state index contributed by atoms with van der Waals surface area (Å²) >= 11 is 1.67. The second-order valence-electron chi connectivity index (χ2n) is 5.00. The molecule has 1 aromatic heterocycles. The monoisotopic (exact) mass is 340 g/mol. The second kappa shape index (κ2) is 7.53. The lowest BCUT2D eigenvalue weighted by atomic mass is 10.2. The zero-order chi connectivity index (χ0) is 14.7. The number of hydrogen-bond acceptors (Lipinski definition) is 6. The topological polar surface area (TPSA) is 62.5 Å². The van der Waals surface area contributed by atoms with Gasteiger partial charge in [-0.15, -0.1) is 23.7 Å². The molecule has 3 rings (SSSR count). The lowest BCUT2D eigenvalue weighted by Crippen LogP contribution is -2.45. The van der Waals surface area contributed by atoms with Crippen molar-refractivity contribution in [3.05, 3.63) is 51.5 Å². The highest BCUT2D eigenvalue weighted by Crippen LogP contribution is 2.20. The van der Waals surface area contributed by atoms with E-state index in [-0.39, 0.29) is 23.0 Å². The van der Waals surface area contributed by atoms with Gasteiger partial charge in [-0.1, -0.05) is 12.1 Å². The third-order valence-electron chi connectivity index (χ3n) is 3.62. The van der Waals surface area contributed by atoms with Crippen molar-refractivity contribution in [2.24, 2.45) is 0 Å². The van der Waals surface area contributed by atoms with E-state index in [0.717, 1.165) is 43.4 Å². The maximum atomic E-state index is 10.6. The van der Waals surface area contributed by atoms with Gasteiger partial charge in [-0.3, -0.25) is 15.0 Å². The minimum atomic E-state index is -0.365. The molecule has 0 atom stereocenters. The Morgan fingerprint density at radius 3 is 2.41 bits per heavy atom. The number of nitro groups is 1. The third kappa shape index (κ3) is 3.94. The van der Waals surface area contributed by atoms with Gasteiger partial charge in [0.15, 0.2) is 5.13 Å². The fraction of sp³-hybridized carbons (Fsp3) is 0.357. The lowest BCUT2D eigenvalue weighted by Gasteiger charge is -2.34. The molecular formula is C14H17ClN4O2S. The highest BCUT2D eigenvalue weighted by molar-refractivity contribution is 7.13. The molecule has 2 aromatic rings. The van der Waals surface area contributed by atoms with Gasteiger partial charge in [-0.25, -0.2) is 4.98 Å². The van der Waals surface area contributed by atoms with Gasteiger partial charge < -0.3 is 4.90 Å².